The first-order valence-corrected chi connectivity index (χ1v) is 10.4. The van der Waals surface area contributed by atoms with E-state index in [-0.39, 0.29) is 15.6 Å². The van der Waals surface area contributed by atoms with Crippen molar-refractivity contribution in [2.45, 2.75) is 17.9 Å². The average molecular weight is 463 g/mol. The summed E-state index contributed by atoms with van der Waals surface area (Å²) in [7, 11) is -2.87. The number of esters is 1. The van der Waals surface area contributed by atoms with Gasteiger partial charge in [0.05, 0.1) is 15.6 Å². The summed E-state index contributed by atoms with van der Waals surface area (Å²) in [5, 5.41) is 3.06. The molecule has 11 heteroatoms. The van der Waals surface area contributed by atoms with Gasteiger partial charge in [0.25, 0.3) is 5.91 Å². The molecule has 0 bridgehead atoms. The Morgan fingerprint density at radius 2 is 1.79 bits per heavy atom. The third-order valence-corrected chi connectivity index (χ3v) is 6.12. The van der Waals surface area contributed by atoms with Gasteiger partial charge in [0, 0.05) is 12.1 Å². The number of carbonyl (C=O) groups excluding carboxylic acids is 2. The Bertz CT molecular complexity index is 1020. The number of benzene rings is 2. The molecular weight excluding hydrogens is 446 g/mol. The van der Waals surface area contributed by atoms with Crippen LogP contribution in [0, 0.1) is 5.82 Å². The van der Waals surface area contributed by atoms with Gasteiger partial charge in [-0.15, -0.1) is 0 Å². The molecular formula is C18H17Cl2FN2O5S. The van der Waals surface area contributed by atoms with E-state index in [0.29, 0.717) is 5.02 Å². The largest absolute Gasteiger partial charge is 0.452 e. The summed E-state index contributed by atoms with van der Waals surface area (Å²) in [4.78, 5) is 24.1. The van der Waals surface area contributed by atoms with E-state index in [9.17, 15) is 22.4 Å². The molecule has 0 spiro atoms. The van der Waals surface area contributed by atoms with Crippen LogP contribution in [0.1, 0.15) is 6.92 Å². The van der Waals surface area contributed by atoms with Gasteiger partial charge in [0.1, 0.15) is 12.4 Å². The number of nitrogens with one attached hydrogen (secondary N) is 1. The van der Waals surface area contributed by atoms with Crippen molar-refractivity contribution in [3.8, 4) is 0 Å². The fourth-order valence-corrected chi connectivity index (χ4v) is 3.62. The Hall–Kier alpha value is -2.20. The van der Waals surface area contributed by atoms with Gasteiger partial charge in [-0.1, -0.05) is 23.2 Å². The Labute approximate surface area is 177 Å². The van der Waals surface area contributed by atoms with Crippen LogP contribution >= 0.6 is 23.2 Å². The van der Waals surface area contributed by atoms with E-state index in [0.717, 1.165) is 35.6 Å². The highest BCUT2D eigenvalue weighted by Crippen LogP contribution is 2.25. The molecule has 0 radical (unpaired) electrons. The monoisotopic (exact) mass is 462 g/mol. The summed E-state index contributed by atoms with van der Waals surface area (Å²) in [5.41, 5.74) is 0.239. The zero-order valence-electron chi connectivity index (χ0n) is 15.4. The molecule has 0 aliphatic rings. The lowest BCUT2D eigenvalue weighted by molar-refractivity contribution is -0.153. The molecule has 0 fully saturated rings. The smallest absolute Gasteiger partial charge is 0.322 e. The van der Waals surface area contributed by atoms with E-state index >= 15 is 0 Å². The van der Waals surface area contributed by atoms with Crippen LogP contribution < -0.4 is 5.32 Å². The normalized spacial score (nSPS) is 12.5. The Balaban J connectivity index is 1.97. The number of hydrogen-bond donors (Lipinski definition) is 1. The summed E-state index contributed by atoms with van der Waals surface area (Å²) in [6, 6.07) is 8.61. The lowest BCUT2D eigenvalue weighted by Gasteiger charge is -2.18. The van der Waals surface area contributed by atoms with Gasteiger partial charge >= 0.3 is 5.97 Å². The number of anilines is 1. The molecule has 0 aliphatic heterocycles. The Kier molecular flexibility index (Phi) is 7.59. The van der Waals surface area contributed by atoms with Gasteiger partial charge in [-0.05, 0) is 49.4 Å². The second-order valence-electron chi connectivity index (χ2n) is 5.96. The number of amides is 1. The van der Waals surface area contributed by atoms with E-state index < -0.39 is 40.4 Å². The molecule has 2 rings (SSSR count). The first-order valence-electron chi connectivity index (χ1n) is 8.18. The van der Waals surface area contributed by atoms with Crippen molar-refractivity contribution in [2.75, 3.05) is 18.9 Å². The van der Waals surface area contributed by atoms with Crippen LogP contribution in [0.25, 0.3) is 0 Å². The Morgan fingerprint density at radius 3 is 2.41 bits per heavy atom. The molecule has 1 N–H and O–H groups in total. The topological polar surface area (TPSA) is 92.8 Å². The first-order chi connectivity index (χ1) is 13.5. The van der Waals surface area contributed by atoms with Gasteiger partial charge in [-0.25, -0.2) is 12.8 Å². The average Bonchev–Trinajstić information content (AvgIpc) is 2.64. The van der Waals surface area contributed by atoms with Gasteiger partial charge < -0.3 is 10.1 Å². The minimum Gasteiger partial charge on any atom is -0.452 e. The van der Waals surface area contributed by atoms with E-state index in [1.165, 1.54) is 19.1 Å². The summed E-state index contributed by atoms with van der Waals surface area (Å²) < 4.78 is 43.5. The molecule has 2 aromatic carbocycles. The maximum atomic E-state index is 13.0. The number of halogens is 3. The van der Waals surface area contributed by atoms with E-state index in [4.69, 9.17) is 27.9 Å². The van der Waals surface area contributed by atoms with Crippen LogP contribution in [-0.4, -0.2) is 44.3 Å². The summed E-state index contributed by atoms with van der Waals surface area (Å²) >= 11 is 11.8. The van der Waals surface area contributed by atoms with Crippen LogP contribution in [-0.2, 0) is 24.3 Å². The zero-order valence-corrected chi connectivity index (χ0v) is 17.7. The molecule has 0 aliphatic carbocycles. The second kappa shape index (κ2) is 9.53. The molecule has 2 aromatic rings. The maximum absolute atomic E-state index is 13.0. The van der Waals surface area contributed by atoms with Crippen molar-refractivity contribution < 1.29 is 27.1 Å². The molecule has 156 valence electrons. The van der Waals surface area contributed by atoms with Crippen molar-refractivity contribution in [2.24, 2.45) is 0 Å². The molecule has 0 aromatic heterocycles. The lowest BCUT2D eigenvalue weighted by atomic mass is 10.3. The number of carbonyl (C=O) groups is 2. The van der Waals surface area contributed by atoms with E-state index in [1.807, 2.05) is 0 Å². The lowest BCUT2D eigenvalue weighted by Crippen LogP contribution is -2.37. The molecule has 7 nitrogen and oxygen atoms in total. The summed E-state index contributed by atoms with van der Waals surface area (Å²) in [6.45, 7) is 0.676. The SMILES string of the molecule is CC(OC(=O)CN(C)S(=O)(=O)c1ccc(F)cc1)C(=O)Nc1cc(Cl)ccc1Cl. The fourth-order valence-electron chi connectivity index (χ4n) is 2.17. The van der Waals surface area contributed by atoms with Crippen LogP contribution in [0.3, 0.4) is 0 Å². The van der Waals surface area contributed by atoms with Gasteiger partial charge in [-0.2, -0.15) is 4.31 Å². The number of nitrogens with zero attached hydrogens (tertiary/aromatic N) is 1. The van der Waals surface area contributed by atoms with Gasteiger partial charge in [-0.3, -0.25) is 9.59 Å². The first kappa shape index (κ1) is 23.1. The maximum Gasteiger partial charge on any atom is 0.322 e. The highest BCUT2D eigenvalue weighted by Gasteiger charge is 2.26. The standard InChI is InChI=1S/C18H17Cl2FN2O5S/c1-11(18(25)22-16-9-12(19)3-8-15(16)20)28-17(24)10-23(2)29(26,27)14-6-4-13(21)5-7-14/h3-9,11H,10H2,1-2H3,(H,22,25). The quantitative estimate of drug-likeness (QED) is 0.636. The van der Waals surface area contributed by atoms with Crippen molar-refractivity contribution in [3.63, 3.8) is 0 Å². The van der Waals surface area contributed by atoms with Crippen LogP contribution in [0.5, 0.6) is 0 Å². The zero-order chi connectivity index (χ0) is 21.8. The van der Waals surface area contributed by atoms with Gasteiger partial charge in [0.2, 0.25) is 10.0 Å². The van der Waals surface area contributed by atoms with Crippen molar-refractivity contribution in [3.05, 3.63) is 58.3 Å². The highest BCUT2D eigenvalue weighted by atomic mass is 35.5. The fraction of sp³-hybridized carbons (Fsp3) is 0.222. The van der Waals surface area contributed by atoms with Crippen molar-refractivity contribution in [1.29, 1.82) is 0 Å². The number of likely N-dealkylation sites (N-methyl/N-ethyl adjacent to an activating group) is 1. The van der Waals surface area contributed by atoms with Gasteiger partial charge in [0.15, 0.2) is 6.10 Å². The molecule has 0 saturated heterocycles. The van der Waals surface area contributed by atoms with Crippen molar-refractivity contribution >= 4 is 50.8 Å². The minimum absolute atomic E-state index is 0.185. The molecule has 0 saturated carbocycles. The third-order valence-electron chi connectivity index (χ3n) is 3.74. The van der Waals surface area contributed by atoms with Crippen LogP contribution in [0.4, 0.5) is 10.1 Å². The predicted octanol–water partition coefficient (Wildman–Crippen LogP) is 3.32. The molecule has 1 unspecified atom stereocenters. The highest BCUT2D eigenvalue weighted by molar-refractivity contribution is 7.89. The summed E-state index contributed by atoms with van der Waals surface area (Å²) in [6.07, 6.45) is -1.22. The second-order valence-corrected chi connectivity index (χ2v) is 8.85. The molecule has 1 amide bonds. The van der Waals surface area contributed by atoms with Crippen LogP contribution in [0.15, 0.2) is 47.4 Å². The Morgan fingerprint density at radius 1 is 1.17 bits per heavy atom. The number of sulfonamides is 1. The molecule has 1 atom stereocenters. The molecule has 0 heterocycles. The molecule has 29 heavy (non-hydrogen) atoms. The number of rotatable bonds is 7. The van der Waals surface area contributed by atoms with E-state index in [1.54, 1.807) is 6.07 Å². The third kappa shape index (κ3) is 6.14. The minimum atomic E-state index is -4.03. The van der Waals surface area contributed by atoms with Crippen LogP contribution in [0.2, 0.25) is 10.0 Å². The number of ether oxygens (including phenoxy) is 1. The number of hydrogen-bond acceptors (Lipinski definition) is 5. The van der Waals surface area contributed by atoms with E-state index in [2.05, 4.69) is 5.32 Å². The predicted molar refractivity (Wildman–Crippen MR) is 107 cm³/mol. The summed E-state index contributed by atoms with van der Waals surface area (Å²) in [5.74, 6) is -2.21. The van der Waals surface area contributed by atoms with Crippen molar-refractivity contribution in [1.82, 2.24) is 4.31 Å².